The van der Waals surface area contributed by atoms with E-state index >= 15 is 0 Å². The summed E-state index contributed by atoms with van der Waals surface area (Å²) in [5, 5.41) is 2.73. The average molecular weight is 291 g/mol. The quantitative estimate of drug-likeness (QED) is 0.852. The summed E-state index contributed by atoms with van der Waals surface area (Å²) in [6.07, 6.45) is 0. The highest BCUT2D eigenvalue weighted by Gasteiger charge is 2.51. The molecule has 116 valence electrons. The molecule has 0 unspecified atom stereocenters. The van der Waals surface area contributed by atoms with Crippen LogP contribution in [0, 0.1) is 0 Å². The first-order valence-electron chi connectivity index (χ1n) is 7.44. The van der Waals surface area contributed by atoms with E-state index in [1.54, 1.807) is 0 Å². The van der Waals surface area contributed by atoms with E-state index in [4.69, 9.17) is 9.31 Å². The Morgan fingerprint density at radius 3 is 1.81 bits per heavy atom. The van der Waals surface area contributed by atoms with Gasteiger partial charge in [-0.05, 0) is 45.3 Å². The Kier molecular flexibility index (Phi) is 5.59. The second-order valence-electron chi connectivity index (χ2n) is 5.89. The Hall–Kier alpha value is -1.33. The maximum absolute atomic E-state index is 11.0. The first-order valence-corrected chi connectivity index (χ1v) is 7.44. The lowest BCUT2D eigenvalue weighted by atomic mass is 9.79. The van der Waals surface area contributed by atoms with Gasteiger partial charge in [0, 0.05) is 12.6 Å². The number of nitrogens with one attached hydrogen (secondary N) is 1. The summed E-state index contributed by atoms with van der Waals surface area (Å²) < 4.78 is 11.9. The Labute approximate surface area is 128 Å². The van der Waals surface area contributed by atoms with E-state index in [0.717, 1.165) is 11.2 Å². The van der Waals surface area contributed by atoms with Crippen molar-refractivity contribution >= 4 is 24.2 Å². The fourth-order valence-electron chi connectivity index (χ4n) is 1.91. The van der Waals surface area contributed by atoms with Crippen LogP contribution in [0.25, 0.3) is 0 Å². The molecule has 0 aliphatic carbocycles. The minimum atomic E-state index is -0.364. The van der Waals surface area contributed by atoms with Gasteiger partial charge in [0.15, 0.2) is 0 Å². The predicted molar refractivity (Wildman–Crippen MR) is 87.8 cm³/mol. The Morgan fingerprint density at radius 1 is 1.00 bits per heavy atom. The minimum absolute atomic E-state index is 0.0802. The Balaban J connectivity index is 0.00000106. The lowest BCUT2D eigenvalue weighted by Crippen LogP contribution is -2.41. The second kappa shape index (κ2) is 6.63. The molecule has 1 amide bonds. The minimum Gasteiger partial charge on any atom is -0.399 e. The summed E-state index contributed by atoms with van der Waals surface area (Å²) in [6, 6.07) is 7.52. The largest absolute Gasteiger partial charge is 0.494 e. The SMILES string of the molecule is CC.CC(=O)Nc1ccc(B2OC(C)(C)C(C)(C)O2)cc1. The van der Waals surface area contributed by atoms with Crippen LogP contribution in [0.4, 0.5) is 5.69 Å². The van der Waals surface area contributed by atoms with Gasteiger partial charge in [-0.1, -0.05) is 26.0 Å². The third-order valence-electron chi connectivity index (χ3n) is 3.76. The molecule has 4 nitrogen and oxygen atoms in total. The standard InChI is InChI=1S/C14H20BNO3.C2H6/c1-10(17)16-12-8-6-11(7-9-12)15-18-13(2,3)14(4,5)19-15;1-2/h6-9H,1-5H3,(H,16,17);1-2H3. The molecule has 1 heterocycles. The molecule has 0 aromatic heterocycles. The zero-order valence-electron chi connectivity index (χ0n) is 14.1. The van der Waals surface area contributed by atoms with Crippen molar-refractivity contribution in [1.82, 2.24) is 0 Å². The molecule has 0 atom stereocenters. The van der Waals surface area contributed by atoms with Gasteiger partial charge in [-0.2, -0.15) is 0 Å². The van der Waals surface area contributed by atoms with E-state index < -0.39 is 0 Å². The van der Waals surface area contributed by atoms with Crippen molar-refractivity contribution in [3.63, 3.8) is 0 Å². The molecule has 21 heavy (non-hydrogen) atoms. The number of carbonyl (C=O) groups is 1. The van der Waals surface area contributed by atoms with E-state index in [9.17, 15) is 4.79 Å². The van der Waals surface area contributed by atoms with E-state index in [0.29, 0.717) is 0 Å². The molecule has 0 saturated carbocycles. The summed E-state index contributed by atoms with van der Waals surface area (Å²) in [6.45, 7) is 13.6. The normalized spacial score (nSPS) is 18.7. The van der Waals surface area contributed by atoms with Crippen molar-refractivity contribution in [1.29, 1.82) is 0 Å². The van der Waals surface area contributed by atoms with Crippen molar-refractivity contribution in [3.8, 4) is 0 Å². The van der Waals surface area contributed by atoms with Gasteiger partial charge in [0.1, 0.15) is 0 Å². The summed E-state index contributed by atoms with van der Waals surface area (Å²) >= 11 is 0. The highest BCUT2D eigenvalue weighted by atomic mass is 16.7. The van der Waals surface area contributed by atoms with Gasteiger partial charge in [-0.3, -0.25) is 4.79 Å². The lowest BCUT2D eigenvalue weighted by molar-refractivity contribution is -0.114. The lowest BCUT2D eigenvalue weighted by Gasteiger charge is -2.32. The fourth-order valence-corrected chi connectivity index (χ4v) is 1.91. The van der Waals surface area contributed by atoms with Gasteiger partial charge in [0.2, 0.25) is 5.91 Å². The molecule has 0 radical (unpaired) electrons. The first kappa shape index (κ1) is 17.7. The number of amides is 1. The molecule has 5 heteroatoms. The van der Waals surface area contributed by atoms with Crippen LogP contribution in [-0.4, -0.2) is 24.2 Å². The van der Waals surface area contributed by atoms with Crippen LogP contribution < -0.4 is 10.8 Å². The van der Waals surface area contributed by atoms with Gasteiger partial charge >= 0.3 is 7.12 Å². The molecule has 1 N–H and O–H groups in total. The number of benzene rings is 1. The number of carbonyl (C=O) groups excluding carboxylic acids is 1. The Bertz CT molecular complexity index is 467. The highest BCUT2D eigenvalue weighted by molar-refractivity contribution is 6.62. The van der Waals surface area contributed by atoms with Gasteiger partial charge in [0.25, 0.3) is 0 Å². The van der Waals surface area contributed by atoms with E-state index in [-0.39, 0.29) is 24.2 Å². The molecule has 1 saturated heterocycles. The van der Waals surface area contributed by atoms with Crippen molar-refractivity contribution in [2.75, 3.05) is 5.32 Å². The van der Waals surface area contributed by atoms with Crippen LogP contribution in [0.5, 0.6) is 0 Å². The van der Waals surface area contributed by atoms with Crippen LogP contribution in [-0.2, 0) is 14.1 Å². The zero-order chi connectivity index (χ0) is 16.3. The van der Waals surface area contributed by atoms with Crippen molar-refractivity contribution in [3.05, 3.63) is 24.3 Å². The van der Waals surface area contributed by atoms with Crippen molar-refractivity contribution in [2.24, 2.45) is 0 Å². The van der Waals surface area contributed by atoms with E-state index in [1.165, 1.54) is 6.92 Å². The highest BCUT2D eigenvalue weighted by Crippen LogP contribution is 2.36. The molecule has 0 spiro atoms. The maximum Gasteiger partial charge on any atom is 0.494 e. The van der Waals surface area contributed by atoms with Crippen molar-refractivity contribution < 1.29 is 14.1 Å². The predicted octanol–water partition coefficient (Wildman–Crippen LogP) is 2.97. The van der Waals surface area contributed by atoms with E-state index in [2.05, 4.69) is 5.32 Å². The number of hydrogen-bond acceptors (Lipinski definition) is 3. The number of hydrogen-bond donors (Lipinski definition) is 1. The van der Waals surface area contributed by atoms with Crippen molar-refractivity contribution in [2.45, 2.75) is 59.7 Å². The molecule has 1 aliphatic rings. The van der Waals surface area contributed by atoms with Gasteiger partial charge in [-0.15, -0.1) is 0 Å². The summed E-state index contributed by atoms with van der Waals surface area (Å²) in [5.41, 5.74) is 1.04. The fraction of sp³-hybridized carbons (Fsp3) is 0.562. The summed E-state index contributed by atoms with van der Waals surface area (Å²) in [4.78, 5) is 11.0. The van der Waals surface area contributed by atoms with Gasteiger partial charge in [0.05, 0.1) is 11.2 Å². The van der Waals surface area contributed by atoms with Crippen LogP contribution in [0.3, 0.4) is 0 Å². The maximum atomic E-state index is 11.0. The molecular formula is C16H26BNO3. The number of rotatable bonds is 2. The monoisotopic (exact) mass is 291 g/mol. The van der Waals surface area contributed by atoms with E-state index in [1.807, 2.05) is 65.8 Å². The zero-order valence-corrected chi connectivity index (χ0v) is 14.1. The molecule has 1 aromatic carbocycles. The second-order valence-corrected chi connectivity index (χ2v) is 5.89. The molecule has 0 bridgehead atoms. The summed E-state index contributed by atoms with van der Waals surface area (Å²) in [7, 11) is -0.364. The number of anilines is 1. The van der Waals surface area contributed by atoms with Gasteiger partial charge < -0.3 is 14.6 Å². The summed E-state index contributed by atoms with van der Waals surface area (Å²) in [5.74, 6) is -0.0802. The van der Waals surface area contributed by atoms with Crippen LogP contribution in [0.2, 0.25) is 0 Å². The van der Waals surface area contributed by atoms with Gasteiger partial charge in [-0.25, -0.2) is 0 Å². The third kappa shape index (κ3) is 4.08. The smallest absolute Gasteiger partial charge is 0.399 e. The molecule has 1 fully saturated rings. The molecule has 1 aromatic rings. The topological polar surface area (TPSA) is 47.6 Å². The average Bonchev–Trinajstić information content (AvgIpc) is 2.61. The Morgan fingerprint density at radius 2 is 1.43 bits per heavy atom. The molecule has 2 rings (SSSR count). The third-order valence-corrected chi connectivity index (χ3v) is 3.76. The molecule has 1 aliphatic heterocycles. The molecular weight excluding hydrogens is 265 g/mol. The van der Waals surface area contributed by atoms with Crippen LogP contribution in [0.15, 0.2) is 24.3 Å². The van der Waals surface area contributed by atoms with Crippen LogP contribution >= 0.6 is 0 Å². The first-order chi connectivity index (χ1) is 9.71. The van der Waals surface area contributed by atoms with Crippen LogP contribution in [0.1, 0.15) is 48.5 Å².